The quantitative estimate of drug-likeness (QED) is 0.574. The molecule has 2 aromatic rings. The molecule has 4 fully saturated rings. The molecule has 3 atom stereocenters. The van der Waals surface area contributed by atoms with Crippen LogP contribution in [0.25, 0.3) is 10.9 Å². The first-order chi connectivity index (χ1) is 15.0. The first kappa shape index (κ1) is 19.6. The van der Waals surface area contributed by atoms with Gasteiger partial charge in [-0.3, -0.25) is 4.90 Å². The van der Waals surface area contributed by atoms with Gasteiger partial charge in [-0.25, -0.2) is 9.37 Å². The highest BCUT2D eigenvalue weighted by Crippen LogP contribution is 2.41. The zero-order valence-electron chi connectivity index (χ0n) is 17.4. The fourth-order valence-electron chi connectivity index (χ4n) is 5.92. The van der Waals surface area contributed by atoms with Gasteiger partial charge in [0, 0.05) is 37.9 Å². The number of aromatic nitrogens is 3. The lowest BCUT2D eigenvalue weighted by Crippen LogP contribution is -2.51. The van der Waals surface area contributed by atoms with Gasteiger partial charge in [0.05, 0.1) is 10.9 Å². The molecule has 7 nitrogen and oxygen atoms in total. The Kier molecular flexibility index (Phi) is 4.59. The van der Waals surface area contributed by atoms with Gasteiger partial charge in [-0.1, -0.05) is 23.8 Å². The van der Waals surface area contributed by atoms with Crippen LogP contribution < -0.4 is 15.0 Å². The molecule has 4 aliphatic heterocycles. The number of rotatable bonds is 4. The maximum absolute atomic E-state index is 14.9. The molecule has 31 heavy (non-hydrogen) atoms. The zero-order chi connectivity index (χ0) is 21.2. The SMILES string of the molecule is C=C1CN2CCCC2(COc2nc(N3C[C@H]4CC[C@@H](C3)N4)c3cnc(Cl)c(F)c3n2)C1. The highest BCUT2D eigenvalue weighted by Gasteiger charge is 2.46. The van der Waals surface area contributed by atoms with E-state index in [9.17, 15) is 4.39 Å². The Morgan fingerprint density at radius 1 is 1.29 bits per heavy atom. The summed E-state index contributed by atoms with van der Waals surface area (Å²) in [6.45, 7) is 8.29. The summed E-state index contributed by atoms with van der Waals surface area (Å²) in [6.07, 6.45) is 7.01. The lowest BCUT2D eigenvalue weighted by atomic mass is 9.94. The number of pyridine rings is 1. The van der Waals surface area contributed by atoms with Gasteiger partial charge in [0.1, 0.15) is 17.9 Å². The van der Waals surface area contributed by atoms with Crippen molar-refractivity contribution in [1.29, 1.82) is 0 Å². The number of ether oxygens (including phenoxy) is 1. The normalized spacial score (nSPS) is 30.4. The molecule has 0 aliphatic carbocycles. The van der Waals surface area contributed by atoms with Gasteiger partial charge < -0.3 is 15.0 Å². The zero-order valence-corrected chi connectivity index (χ0v) is 18.2. The molecule has 4 aliphatic rings. The van der Waals surface area contributed by atoms with Crippen molar-refractivity contribution >= 4 is 28.3 Å². The molecular formula is C22H26ClFN6O. The van der Waals surface area contributed by atoms with E-state index in [1.807, 2.05) is 0 Å². The second-order valence-electron chi connectivity index (χ2n) is 9.46. The molecule has 6 rings (SSSR count). The number of anilines is 1. The Balaban J connectivity index is 1.36. The minimum Gasteiger partial charge on any atom is -0.461 e. The van der Waals surface area contributed by atoms with Gasteiger partial charge in [0.2, 0.25) is 0 Å². The summed E-state index contributed by atoms with van der Waals surface area (Å²) in [5.74, 6) is 0.0544. The van der Waals surface area contributed by atoms with E-state index in [4.69, 9.17) is 21.3 Å². The Morgan fingerprint density at radius 3 is 2.90 bits per heavy atom. The summed E-state index contributed by atoms with van der Waals surface area (Å²) in [5, 5.41) is 4.01. The van der Waals surface area contributed by atoms with Gasteiger partial charge in [-0.2, -0.15) is 9.97 Å². The van der Waals surface area contributed by atoms with Crippen LogP contribution in [0.2, 0.25) is 5.15 Å². The van der Waals surface area contributed by atoms with Crippen LogP contribution in [0.15, 0.2) is 18.3 Å². The van der Waals surface area contributed by atoms with Crippen LogP contribution in [0.3, 0.4) is 0 Å². The molecule has 9 heteroatoms. The van der Waals surface area contributed by atoms with Gasteiger partial charge in [0.25, 0.3) is 0 Å². The van der Waals surface area contributed by atoms with Crippen LogP contribution in [0, 0.1) is 5.82 Å². The lowest BCUT2D eigenvalue weighted by Gasteiger charge is -2.34. The molecule has 0 saturated carbocycles. The van der Waals surface area contributed by atoms with Crippen LogP contribution in [-0.4, -0.2) is 70.3 Å². The van der Waals surface area contributed by atoms with Crippen molar-refractivity contribution in [3.05, 3.63) is 29.3 Å². The molecule has 0 aromatic carbocycles. The summed E-state index contributed by atoms with van der Waals surface area (Å²) in [5.41, 5.74) is 1.36. The third kappa shape index (κ3) is 3.27. The summed E-state index contributed by atoms with van der Waals surface area (Å²) in [7, 11) is 0. The third-order valence-corrected chi connectivity index (χ3v) is 7.59. The number of piperazine rings is 1. The van der Waals surface area contributed by atoms with Crippen LogP contribution in [0.5, 0.6) is 6.01 Å². The molecule has 4 saturated heterocycles. The first-order valence-electron chi connectivity index (χ1n) is 11.1. The van der Waals surface area contributed by atoms with Gasteiger partial charge in [0.15, 0.2) is 11.0 Å². The number of nitrogens with one attached hydrogen (secondary N) is 1. The topological polar surface area (TPSA) is 66.4 Å². The van der Waals surface area contributed by atoms with E-state index in [0.29, 0.717) is 29.9 Å². The van der Waals surface area contributed by atoms with E-state index in [1.165, 1.54) is 5.57 Å². The van der Waals surface area contributed by atoms with Gasteiger partial charge in [-0.15, -0.1) is 0 Å². The Labute approximate surface area is 185 Å². The van der Waals surface area contributed by atoms with Crippen LogP contribution >= 0.6 is 11.6 Å². The van der Waals surface area contributed by atoms with E-state index in [1.54, 1.807) is 6.20 Å². The molecule has 0 amide bonds. The third-order valence-electron chi connectivity index (χ3n) is 7.32. The number of hydrogen-bond acceptors (Lipinski definition) is 7. The predicted molar refractivity (Wildman–Crippen MR) is 117 cm³/mol. The van der Waals surface area contributed by atoms with Crippen molar-refractivity contribution < 1.29 is 9.13 Å². The van der Waals surface area contributed by atoms with Crippen molar-refractivity contribution in [3.8, 4) is 6.01 Å². The Hall–Kier alpha value is -2.03. The first-order valence-corrected chi connectivity index (χ1v) is 11.5. The molecular weight excluding hydrogens is 419 g/mol. The standard InChI is InChI=1S/C22H26ClFN6O/c1-13-7-22(5-2-6-30(22)9-13)12-31-21-27-18-16(8-25-19(23)17(18)24)20(28-21)29-10-14-3-4-15(11-29)26-14/h8,14-15,26H,1-7,9-12H2/t14-,15+,22?. The van der Waals surface area contributed by atoms with Crippen molar-refractivity contribution in [2.75, 3.05) is 37.7 Å². The second kappa shape index (κ2) is 7.25. The Morgan fingerprint density at radius 2 is 2.10 bits per heavy atom. The minimum absolute atomic E-state index is 0.0435. The fraction of sp³-hybridized carbons (Fsp3) is 0.591. The van der Waals surface area contributed by atoms with Crippen molar-refractivity contribution in [2.45, 2.75) is 49.7 Å². The molecule has 164 valence electrons. The lowest BCUT2D eigenvalue weighted by molar-refractivity contribution is 0.108. The second-order valence-corrected chi connectivity index (χ2v) is 9.82. The van der Waals surface area contributed by atoms with Crippen LogP contribution in [0.1, 0.15) is 32.1 Å². The molecule has 2 bridgehead atoms. The average Bonchev–Trinajstić information content (AvgIpc) is 3.40. The van der Waals surface area contributed by atoms with E-state index in [0.717, 1.165) is 58.3 Å². The average molecular weight is 445 g/mol. The number of nitrogens with zero attached hydrogens (tertiary/aromatic N) is 5. The largest absolute Gasteiger partial charge is 0.461 e. The van der Waals surface area contributed by atoms with E-state index < -0.39 is 5.82 Å². The van der Waals surface area contributed by atoms with Crippen LogP contribution in [0.4, 0.5) is 10.2 Å². The fourth-order valence-corrected chi connectivity index (χ4v) is 6.06. The van der Waals surface area contributed by atoms with E-state index in [-0.39, 0.29) is 22.2 Å². The van der Waals surface area contributed by atoms with Crippen LogP contribution in [-0.2, 0) is 0 Å². The molecule has 0 radical (unpaired) electrons. The highest BCUT2D eigenvalue weighted by molar-refractivity contribution is 6.30. The molecule has 6 heterocycles. The number of fused-ring (bicyclic) bond motifs is 4. The van der Waals surface area contributed by atoms with Crippen molar-refractivity contribution in [1.82, 2.24) is 25.2 Å². The summed E-state index contributed by atoms with van der Waals surface area (Å²) in [4.78, 5) is 17.9. The van der Waals surface area contributed by atoms with E-state index >= 15 is 0 Å². The van der Waals surface area contributed by atoms with Gasteiger partial charge in [-0.05, 0) is 38.6 Å². The molecule has 1 N–H and O–H groups in total. The summed E-state index contributed by atoms with van der Waals surface area (Å²) < 4.78 is 21.1. The highest BCUT2D eigenvalue weighted by atomic mass is 35.5. The minimum atomic E-state index is -0.624. The maximum Gasteiger partial charge on any atom is 0.319 e. The molecule has 2 aromatic heterocycles. The summed E-state index contributed by atoms with van der Waals surface area (Å²) in [6, 6.07) is 1.05. The van der Waals surface area contributed by atoms with Crippen molar-refractivity contribution in [3.63, 3.8) is 0 Å². The van der Waals surface area contributed by atoms with Crippen molar-refractivity contribution in [2.24, 2.45) is 0 Å². The van der Waals surface area contributed by atoms with Gasteiger partial charge >= 0.3 is 6.01 Å². The predicted octanol–water partition coefficient (Wildman–Crippen LogP) is 2.93. The van der Waals surface area contributed by atoms with E-state index in [2.05, 4.69) is 31.7 Å². The summed E-state index contributed by atoms with van der Waals surface area (Å²) >= 11 is 5.98. The number of hydrogen-bond donors (Lipinski definition) is 1. The maximum atomic E-state index is 14.9. The monoisotopic (exact) mass is 444 g/mol. The molecule has 0 spiro atoms. The Bertz CT molecular complexity index is 1050. The number of halogens is 2. The molecule has 1 unspecified atom stereocenters. The smallest absolute Gasteiger partial charge is 0.319 e.